The third-order valence-electron chi connectivity index (χ3n) is 12.3. The molecule has 2 saturated carbocycles. The lowest BCUT2D eigenvalue weighted by Gasteiger charge is -2.28. The third kappa shape index (κ3) is 19.0. The number of aromatic nitrogens is 6. The number of ketones is 2. The number of halogens is 1. The lowest BCUT2D eigenvalue weighted by molar-refractivity contribution is -0.121. The average Bonchev–Trinajstić information content (AvgIpc) is 3.88. The van der Waals surface area contributed by atoms with Crippen LogP contribution in [0.2, 0.25) is 103 Å². The van der Waals surface area contributed by atoms with Gasteiger partial charge in [0.2, 0.25) is 0 Å². The maximum atomic E-state index is 11.8. The summed E-state index contributed by atoms with van der Waals surface area (Å²) in [6, 6.07) is 10.7. The molecule has 6 rings (SSSR count). The van der Waals surface area contributed by atoms with Crippen molar-refractivity contribution in [2.24, 2.45) is 0 Å². The Morgan fingerprint density at radius 1 is 0.567 bits per heavy atom. The van der Waals surface area contributed by atoms with Gasteiger partial charge in [-0.05, 0) is 72.5 Å². The van der Waals surface area contributed by atoms with Gasteiger partial charge in [-0.2, -0.15) is 19.2 Å². The van der Waals surface area contributed by atoms with Gasteiger partial charge in [-0.1, -0.05) is 78.6 Å². The van der Waals surface area contributed by atoms with Crippen molar-refractivity contribution in [2.45, 2.75) is 166 Å². The summed E-state index contributed by atoms with van der Waals surface area (Å²) in [4.78, 5) is 37.7. The maximum absolute atomic E-state index is 11.8. The maximum Gasteiger partial charge on any atom is 0.171 e. The van der Waals surface area contributed by atoms with Crippen LogP contribution < -0.4 is 9.80 Å². The van der Waals surface area contributed by atoms with Gasteiger partial charge in [0.15, 0.2) is 11.3 Å². The Balaban J connectivity index is 0.000000251. The number of fused-ring (bicyclic) bond motifs is 2. The van der Waals surface area contributed by atoms with E-state index in [0.717, 1.165) is 114 Å². The molecule has 0 spiro atoms. The predicted molar refractivity (Wildman–Crippen MR) is 292 cm³/mol. The summed E-state index contributed by atoms with van der Waals surface area (Å²) in [6.45, 7) is 33.2. The first-order chi connectivity index (χ1) is 31.4. The summed E-state index contributed by atoms with van der Waals surface area (Å²) in [5, 5.41) is 9.16. The van der Waals surface area contributed by atoms with E-state index < -0.39 is 32.3 Å². The summed E-state index contributed by atoms with van der Waals surface area (Å²) < 4.78 is 29.4. The Morgan fingerprint density at radius 2 is 0.940 bits per heavy atom. The molecule has 0 radical (unpaired) electrons. The van der Waals surface area contributed by atoms with Crippen LogP contribution in [-0.4, -0.2) is 126 Å². The van der Waals surface area contributed by atoms with Crippen LogP contribution in [0.5, 0.6) is 0 Å². The first kappa shape index (κ1) is 55.5. The molecule has 19 heteroatoms. The smallest absolute Gasteiger partial charge is 0.171 e. The molecule has 0 amide bonds. The topological polar surface area (TPSA) is 138 Å². The molecule has 0 atom stereocenters. The zero-order chi connectivity index (χ0) is 49.0. The second-order valence-electron chi connectivity index (χ2n) is 23.5. The number of Topliss-reactive ketones (excluding diaryl/α,β-unsaturated/α-hetero) is 2. The fraction of sp³-hybridized carbons (Fsp3) is 0.708. The molecule has 0 N–H and O–H groups in total. The highest BCUT2D eigenvalue weighted by molar-refractivity contribution is 14.1. The number of hydrogen-bond acceptors (Lipinski definition) is 12. The van der Waals surface area contributed by atoms with E-state index in [1.54, 1.807) is 6.20 Å². The van der Waals surface area contributed by atoms with Crippen molar-refractivity contribution < 1.29 is 28.5 Å². The number of rotatable bonds is 24. The molecule has 4 aromatic heterocycles. The first-order valence-corrected chi connectivity index (χ1v) is 40.6. The van der Waals surface area contributed by atoms with E-state index in [0.29, 0.717) is 76.0 Å². The van der Waals surface area contributed by atoms with E-state index in [2.05, 4.69) is 133 Å². The van der Waals surface area contributed by atoms with E-state index in [1.807, 2.05) is 21.3 Å². The summed E-state index contributed by atoms with van der Waals surface area (Å²) in [5.74, 6) is 3.23. The second kappa shape index (κ2) is 25.1. The van der Waals surface area contributed by atoms with Crippen molar-refractivity contribution in [3.05, 3.63) is 45.6 Å². The minimum atomic E-state index is -1.16. The van der Waals surface area contributed by atoms with Crippen molar-refractivity contribution in [1.29, 1.82) is 0 Å². The van der Waals surface area contributed by atoms with Crippen LogP contribution in [0.4, 0.5) is 11.6 Å². The van der Waals surface area contributed by atoms with Crippen LogP contribution in [0, 0.1) is 3.57 Å². The van der Waals surface area contributed by atoms with Gasteiger partial charge < -0.3 is 28.7 Å². The standard InChI is InChI=1S/C24H41IN4O3Si2.C24H42N4O3Si2/c1-33(2,3)13-11-31-17-28(18-32-12-14-34(4,5)6)23-15-22(19-7-9-20(30)10-8-19)27-24-21(25)16-26-29(23)24;1-32(2,3)15-13-30-18-27(19-31-14-16-33(4,5)6)24-17-22(20-7-9-21(29)10-8-20)26-23-11-12-25-28(23)24/h15-16,19H,7-14,17-18H2,1-6H3;11-12,17,20H,7-10,13-16,18-19H2,1-6H3. The minimum Gasteiger partial charge on any atom is -0.361 e. The van der Waals surface area contributed by atoms with Crippen molar-refractivity contribution >= 4 is 89.4 Å². The summed E-state index contributed by atoms with van der Waals surface area (Å²) in [7, 11) is -4.64. The average molecular weight is 1110 g/mol. The molecule has 4 aromatic rings. The predicted octanol–water partition coefficient (Wildman–Crippen LogP) is 11.4. The number of hydrogen-bond donors (Lipinski definition) is 0. The molecule has 4 heterocycles. The number of carbonyl (C=O) groups excluding carboxylic acids is 2. The Bertz CT molecular complexity index is 2130. The second-order valence-corrected chi connectivity index (χ2v) is 47.2. The van der Waals surface area contributed by atoms with Gasteiger partial charge in [-0.15, -0.1) is 0 Å². The molecule has 374 valence electrons. The highest BCUT2D eigenvalue weighted by Gasteiger charge is 2.27. The van der Waals surface area contributed by atoms with E-state index in [1.165, 1.54) is 0 Å². The zero-order valence-electron chi connectivity index (χ0n) is 43.1. The molecule has 67 heavy (non-hydrogen) atoms. The molecule has 0 aliphatic heterocycles. The highest BCUT2D eigenvalue weighted by atomic mass is 127. The van der Waals surface area contributed by atoms with E-state index in [4.69, 9.17) is 28.9 Å². The Hall–Kier alpha value is -2.38. The highest BCUT2D eigenvalue weighted by Crippen LogP contribution is 2.34. The van der Waals surface area contributed by atoms with Gasteiger partial charge in [0.25, 0.3) is 0 Å². The van der Waals surface area contributed by atoms with E-state index >= 15 is 0 Å². The molecule has 0 unspecified atom stereocenters. The monoisotopic (exact) mass is 1110 g/mol. The normalized spacial score (nSPS) is 16.0. The Labute approximate surface area is 419 Å². The first-order valence-electron chi connectivity index (χ1n) is 24.7. The van der Waals surface area contributed by atoms with Gasteiger partial charge in [0.05, 0.1) is 16.0 Å². The number of carbonyl (C=O) groups is 2. The molecule has 0 saturated heterocycles. The Morgan fingerprint density at radius 3 is 1.33 bits per heavy atom. The quantitative estimate of drug-likeness (QED) is 0.0286. The minimum absolute atomic E-state index is 0.301. The molecular formula is C48H83IN8O6Si4. The van der Waals surface area contributed by atoms with E-state index in [9.17, 15) is 9.59 Å². The largest absolute Gasteiger partial charge is 0.361 e. The zero-order valence-corrected chi connectivity index (χ0v) is 49.2. The van der Waals surface area contributed by atoms with Crippen LogP contribution in [0.15, 0.2) is 30.6 Å². The summed E-state index contributed by atoms with van der Waals surface area (Å²) in [6.07, 6.45) is 9.71. The molecule has 2 fully saturated rings. The van der Waals surface area contributed by atoms with Crippen molar-refractivity contribution in [1.82, 2.24) is 29.2 Å². The SMILES string of the molecule is C[Si](C)(C)CCOCN(COCC[Si](C)(C)C)c1cc(C2CCC(=O)CC2)nc2c(I)cnn12.C[Si](C)(C)CCOCN(COCC[Si](C)(C)C)c1cc(C2CCC(=O)CC2)nc2ccnn12. The van der Waals surface area contributed by atoms with Crippen molar-refractivity contribution in [2.75, 3.05) is 63.2 Å². The van der Waals surface area contributed by atoms with Gasteiger partial charge in [-0.25, -0.2) is 9.97 Å². The number of nitrogens with zero attached hydrogens (tertiary/aromatic N) is 8. The fourth-order valence-electron chi connectivity index (χ4n) is 7.75. The van der Waals surface area contributed by atoms with Gasteiger partial charge in [-0.3, -0.25) is 9.59 Å². The summed E-state index contributed by atoms with van der Waals surface area (Å²) in [5.41, 5.74) is 3.77. The number of ether oxygens (including phenoxy) is 4. The lowest BCUT2D eigenvalue weighted by Crippen LogP contribution is -2.33. The van der Waals surface area contributed by atoms with Gasteiger partial charge >= 0.3 is 0 Å². The van der Waals surface area contributed by atoms with E-state index in [-0.39, 0.29) is 0 Å². The molecule has 0 aromatic carbocycles. The third-order valence-corrected chi connectivity index (χ3v) is 19.9. The van der Waals surface area contributed by atoms with Crippen molar-refractivity contribution in [3.63, 3.8) is 0 Å². The van der Waals surface area contributed by atoms with Crippen LogP contribution in [0.1, 0.15) is 74.6 Å². The Kier molecular flexibility index (Phi) is 20.8. The van der Waals surface area contributed by atoms with Gasteiger partial charge in [0.1, 0.15) is 50.1 Å². The van der Waals surface area contributed by atoms with Crippen LogP contribution >= 0.6 is 22.6 Å². The molecule has 0 bridgehead atoms. The molecule has 2 aliphatic carbocycles. The fourth-order valence-corrected chi connectivity index (χ4v) is 11.2. The van der Waals surface area contributed by atoms with Crippen LogP contribution in [0.3, 0.4) is 0 Å². The molecule has 14 nitrogen and oxygen atoms in total. The lowest BCUT2D eigenvalue weighted by atomic mass is 9.86. The van der Waals surface area contributed by atoms with Crippen LogP contribution in [-0.2, 0) is 28.5 Å². The van der Waals surface area contributed by atoms with Crippen molar-refractivity contribution in [3.8, 4) is 0 Å². The summed E-state index contributed by atoms with van der Waals surface area (Å²) >= 11 is 2.30. The van der Waals surface area contributed by atoms with Crippen LogP contribution in [0.25, 0.3) is 11.3 Å². The van der Waals surface area contributed by atoms with Gasteiger partial charge in [0, 0.05) is 126 Å². The molecular weight excluding hydrogens is 1020 g/mol. The molecule has 2 aliphatic rings. The number of anilines is 2.